The third kappa shape index (κ3) is 5.59. The zero-order valence-electron chi connectivity index (χ0n) is 13.5. The van der Waals surface area contributed by atoms with Crippen molar-refractivity contribution in [2.24, 2.45) is 0 Å². The molecule has 0 saturated heterocycles. The van der Waals surface area contributed by atoms with Gasteiger partial charge in [0.25, 0.3) is 0 Å². The van der Waals surface area contributed by atoms with Crippen molar-refractivity contribution in [2.45, 2.75) is 72.6 Å². The average molecular weight is 298 g/mol. The van der Waals surface area contributed by atoms with E-state index >= 15 is 0 Å². The van der Waals surface area contributed by atoms with Gasteiger partial charge in [-0.3, -0.25) is 4.79 Å². The highest BCUT2D eigenvalue weighted by atomic mass is 32.1. The lowest BCUT2D eigenvalue weighted by atomic mass is 10.1. The van der Waals surface area contributed by atoms with Gasteiger partial charge in [-0.15, -0.1) is 11.3 Å². The zero-order valence-corrected chi connectivity index (χ0v) is 14.4. The van der Waals surface area contributed by atoms with Crippen molar-refractivity contribution in [1.82, 2.24) is 10.3 Å². The molecule has 1 heterocycles. The van der Waals surface area contributed by atoms with E-state index in [1.807, 2.05) is 41.5 Å². The summed E-state index contributed by atoms with van der Waals surface area (Å²) in [5, 5.41) is 4.51. The van der Waals surface area contributed by atoms with Crippen LogP contribution in [0.4, 0.5) is 0 Å². The summed E-state index contributed by atoms with van der Waals surface area (Å²) >= 11 is 1.70. The Balaban J connectivity index is 2.52. The summed E-state index contributed by atoms with van der Waals surface area (Å²) in [5.41, 5.74) is 0.644. The number of nitrogens with zero attached hydrogens (tertiary/aromatic N) is 1. The lowest BCUT2D eigenvalue weighted by Crippen LogP contribution is -2.33. The molecule has 0 aromatic carbocycles. The van der Waals surface area contributed by atoms with Gasteiger partial charge in [0.2, 0.25) is 0 Å². The van der Waals surface area contributed by atoms with Crippen molar-refractivity contribution in [3.05, 3.63) is 15.6 Å². The third-order valence-corrected chi connectivity index (χ3v) is 4.02. The number of esters is 1. The Morgan fingerprint density at radius 1 is 1.35 bits per heavy atom. The van der Waals surface area contributed by atoms with Crippen LogP contribution in [-0.4, -0.2) is 22.6 Å². The number of aromatic nitrogens is 1. The van der Waals surface area contributed by atoms with Gasteiger partial charge in [-0.25, -0.2) is 4.98 Å². The molecule has 0 saturated carbocycles. The number of hydrogen-bond acceptors (Lipinski definition) is 5. The maximum absolute atomic E-state index is 11.8. The first-order valence-electron chi connectivity index (χ1n) is 7.00. The summed E-state index contributed by atoms with van der Waals surface area (Å²) in [6, 6.07) is 0.264. The molecule has 1 aromatic rings. The highest BCUT2D eigenvalue weighted by Crippen LogP contribution is 2.25. The van der Waals surface area contributed by atoms with Crippen LogP contribution in [-0.2, 0) is 9.53 Å². The van der Waals surface area contributed by atoms with Crippen LogP contribution >= 0.6 is 11.3 Å². The van der Waals surface area contributed by atoms with E-state index in [9.17, 15) is 4.79 Å². The first kappa shape index (κ1) is 17.1. The number of nitrogens with one attached hydrogen (secondary N) is 1. The highest BCUT2D eigenvalue weighted by Gasteiger charge is 2.20. The minimum atomic E-state index is -0.423. The molecular weight excluding hydrogens is 272 g/mol. The van der Waals surface area contributed by atoms with Gasteiger partial charge in [0.15, 0.2) is 0 Å². The van der Waals surface area contributed by atoms with Gasteiger partial charge < -0.3 is 10.1 Å². The molecule has 0 aliphatic rings. The van der Waals surface area contributed by atoms with Crippen LogP contribution in [0.2, 0.25) is 0 Å². The molecule has 0 aliphatic heterocycles. The quantitative estimate of drug-likeness (QED) is 0.845. The fraction of sp³-hybridized carbons (Fsp3) is 0.733. The molecule has 0 bridgehead atoms. The van der Waals surface area contributed by atoms with E-state index in [1.54, 1.807) is 11.3 Å². The Morgan fingerprint density at radius 3 is 2.40 bits per heavy atom. The number of carbonyl (C=O) groups excluding carboxylic acids is 1. The first-order chi connectivity index (χ1) is 9.08. The molecule has 0 fully saturated rings. The van der Waals surface area contributed by atoms with Gasteiger partial charge in [0.05, 0.1) is 17.1 Å². The van der Waals surface area contributed by atoms with Gasteiger partial charge in [-0.2, -0.15) is 0 Å². The van der Waals surface area contributed by atoms with E-state index in [2.05, 4.69) is 17.2 Å². The third-order valence-electron chi connectivity index (χ3n) is 2.76. The number of aryl methyl sites for hydroxylation is 2. The molecular formula is C15H26N2O2S. The summed E-state index contributed by atoms with van der Waals surface area (Å²) in [7, 11) is 0. The Labute approximate surface area is 125 Å². The minimum absolute atomic E-state index is 0.0710. The summed E-state index contributed by atoms with van der Waals surface area (Å²) in [4.78, 5) is 17.5. The van der Waals surface area contributed by atoms with Gasteiger partial charge >= 0.3 is 5.97 Å². The Hall–Kier alpha value is -0.940. The smallest absolute Gasteiger partial charge is 0.307 e. The van der Waals surface area contributed by atoms with Gasteiger partial charge in [-0.1, -0.05) is 0 Å². The van der Waals surface area contributed by atoms with E-state index < -0.39 is 5.60 Å². The molecule has 2 atom stereocenters. The molecule has 0 aliphatic carbocycles. The molecule has 0 spiro atoms. The van der Waals surface area contributed by atoms with Crippen LogP contribution in [0.3, 0.4) is 0 Å². The van der Waals surface area contributed by atoms with Crippen molar-refractivity contribution in [3.63, 3.8) is 0 Å². The molecule has 2 unspecified atom stereocenters. The SMILES string of the molecule is Cc1nc(C)c(C(C)NC(C)CC(=O)OC(C)(C)C)s1. The monoisotopic (exact) mass is 298 g/mol. The summed E-state index contributed by atoms with van der Waals surface area (Å²) < 4.78 is 5.33. The normalized spacial score (nSPS) is 14.9. The van der Waals surface area contributed by atoms with Crippen molar-refractivity contribution in [1.29, 1.82) is 0 Å². The second-order valence-corrected chi connectivity index (χ2v) is 7.50. The largest absolute Gasteiger partial charge is 0.460 e. The highest BCUT2D eigenvalue weighted by molar-refractivity contribution is 7.11. The number of hydrogen-bond donors (Lipinski definition) is 1. The van der Waals surface area contributed by atoms with Gasteiger partial charge in [0, 0.05) is 17.0 Å². The fourth-order valence-corrected chi connectivity index (χ4v) is 3.08. The number of rotatable bonds is 5. The fourth-order valence-electron chi connectivity index (χ4n) is 2.14. The Bertz CT molecular complexity index is 463. The summed E-state index contributed by atoms with van der Waals surface area (Å²) in [6.07, 6.45) is 0.373. The lowest BCUT2D eigenvalue weighted by molar-refractivity contribution is -0.155. The molecule has 5 heteroatoms. The van der Waals surface area contributed by atoms with E-state index in [-0.39, 0.29) is 18.1 Å². The van der Waals surface area contributed by atoms with Crippen LogP contribution in [0.25, 0.3) is 0 Å². The topological polar surface area (TPSA) is 51.2 Å². The standard InChI is InChI=1S/C15H26N2O2S/c1-9(8-13(18)19-15(5,6)7)16-10(2)14-11(3)17-12(4)20-14/h9-10,16H,8H2,1-7H3. The molecule has 114 valence electrons. The lowest BCUT2D eigenvalue weighted by Gasteiger charge is -2.23. The van der Waals surface area contributed by atoms with E-state index in [0.29, 0.717) is 6.42 Å². The van der Waals surface area contributed by atoms with Crippen molar-refractivity contribution in [3.8, 4) is 0 Å². The number of thiazole rings is 1. The number of ether oxygens (including phenoxy) is 1. The second-order valence-electron chi connectivity index (χ2n) is 6.26. The van der Waals surface area contributed by atoms with Crippen LogP contribution < -0.4 is 5.32 Å². The molecule has 4 nitrogen and oxygen atoms in total. The Kier molecular flexibility index (Phi) is 5.71. The number of carbonyl (C=O) groups is 1. The predicted molar refractivity (Wildman–Crippen MR) is 83.1 cm³/mol. The predicted octanol–water partition coefficient (Wildman–Crippen LogP) is 3.53. The van der Waals surface area contributed by atoms with Crippen LogP contribution in [0.1, 0.15) is 62.7 Å². The van der Waals surface area contributed by atoms with E-state index in [0.717, 1.165) is 10.7 Å². The molecule has 0 radical (unpaired) electrons. The van der Waals surface area contributed by atoms with Crippen molar-refractivity contribution < 1.29 is 9.53 Å². The first-order valence-corrected chi connectivity index (χ1v) is 7.82. The second kappa shape index (κ2) is 6.68. The summed E-state index contributed by atoms with van der Waals surface area (Å²) in [6.45, 7) is 13.8. The van der Waals surface area contributed by atoms with Crippen molar-refractivity contribution in [2.75, 3.05) is 0 Å². The van der Waals surface area contributed by atoms with Crippen LogP contribution in [0, 0.1) is 13.8 Å². The molecule has 20 heavy (non-hydrogen) atoms. The molecule has 1 rings (SSSR count). The summed E-state index contributed by atoms with van der Waals surface area (Å²) in [5.74, 6) is -0.165. The molecule has 0 amide bonds. The van der Waals surface area contributed by atoms with Gasteiger partial charge in [-0.05, 0) is 48.5 Å². The van der Waals surface area contributed by atoms with Crippen molar-refractivity contribution >= 4 is 17.3 Å². The minimum Gasteiger partial charge on any atom is -0.460 e. The average Bonchev–Trinajstić information content (AvgIpc) is 2.54. The van der Waals surface area contributed by atoms with Gasteiger partial charge in [0.1, 0.15) is 5.60 Å². The zero-order chi connectivity index (χ0) is 15.5. The van der Waals surface area contributed by atoms with Crippen LogP contribution in [0.15, 0.2) is 0 Å². The maximum Gasteiger partial charge on any atom is 0.307 e. The van der Waals surface area contributed by atoms with E-state index in [4.69, 9.17) is 4.74 Å². The maximum atomic E-state index is 11.8. The molecule has 1 N–H and O–H groups in total. The van der Waals surface area contributed by atoms with E-state index in [1.165, 1.54) is 4.88 Å². The van der Waals surface area contributed by atoms with Crippen LogP contribution in [0.5, 0.6) is 0 Å². The Morgan fingerprint density at radius 2 is 1.95 bits per heavy atom. The molecule has 1 aromatic heterocycles.